The summed E-state index contributed by atoms with van der Waals surface area (Å²) in [6.07, 6.45) is 4.00. The molecule has 1 heterocycles. The van der Waals surface area contributed by atoms with Crippen molar-refractivity contribution in [2.24, 2.45) is 10.9 Å². The lowest BCUT2D eigenvalue weighted by Gasteiger charge is -2.05. The van der Waals surface area contributed by atoms with Gasteiger partial charge >= 0.3 is 0 Å². The summed E-state index contributed by atoms with van der Waals surface area (Å²) in [5.41, 5.74) is 1.35. The van der Waals surface area contributed by atoms with Crippen LogP contribution in [-0.4, -0.2) is 12.3 Å². The Hall–Kier alpha value is -0.330. The second kappa shape index (κ2) is 3.00. The van der Waals surface area contributed by atoms with Crippen molar-refractivity contribution in [1.82, 2.24) is 0 Å². The highest BCUT2D eigenvalue weighted by molar-refractivity contribution is 5.84. The third-order valence-corrected chi connectivity index (χ3v) is 2.12. The quantitative estimate of drug-likeness (QED) is 0.471. The van der Waals surface area contributed by atoms with Gasteiger partial charge in [-0.3, -0.25) is 4.99 Å². The first-order valence-corrected chi connectivity index (χ1v) is 3.81. The molecule has 1 heteroatoms. The van der Waals surface area contributed by atoms with Crippen LogP contribution in [0.1, 0.15) is 33.1 Å². The van der Waals surface area contributed by atoms with E-state index in [1.165, 1.54) is 25.0 Å². The van der Waals surface area contributed by atoms with Gasteiger partial charge in [-0.05, 0) is 25.7 Å². The molecule has 1 nitrogen and oxygen atoms in total. The summed E-state index contributed by atoms with van der Waals surface area (Å²) >= 11 is 0. The maximum Gasteiger partial charge on any atom is 0.0388 e. The standard InChI is InChI=1S/C8H15N/c1-7-5-3-4-6-9-8(7)2/h7H,3-6H2,1-2H3. The van der Waals surface area contributed by atoms with Gasteiger partial charge in [-0.15, -0.1) is 0 Å². The lowest BCUT2D eigenvalue weighted by Crippen LogP contribution is -2.04. The van der Waals surface area contributed by atoms with Gasteiger partial charge < -0.3 is 0 Å². The van der Waals surface area contributed by atoms with Crippen molar-refractivity contribution in [2.75, 3.05) is 6.54 Å². The first kappa shape index (κ1) is 6.79. The Bertz CT molecular complexity index is 116. The van der Waals surface area contributed by atoms with E-state index in [0.29, 0.717) is 0 Å². The largest absolute Gasteiger partial charge is 0.294 e. The van der Waals surface area contributed by atoms with Crippen molar-refractivity contribution in [3.63, 3.8) is 0 Å². The lowest BCUT2D eigenvalue weighted by molar-refractivity contribution is 0.633. The monoisotopic (exact) mass is 125 g/mol. The predicted molar refractivity (Wildman–Crippen MR) is 41.0 cm³/mol. The molecule has 0 saturated heterocycles. The number of hydrogen-bond donors (Lipinski definition) is 0. The third kappa shape index (κ3) is 1.81. The van der Waals surface area contributed by atoms with E-state index < -0.39 is 0 Å². The highest BCUT2D eigenvalue weighted by atomic mass is 14.7. The SMILES string of the molecule is CC1=NCCCCC1C. The minimum Gasteiger partial charge on any atom is -0.294 e. The number of aliphatic imine (C=N–C) groups is 1. The van der Waals surface area contributed by atoms with Gasteiger partial charge in [0.15, 0.2) is 0 Å². The first-order valence-electron chi connectivity index (χ1n) is 3.81. The Morgan fingerprint density at radius 3 is 3.00 bits per heavy atom. The van der Waals surface area contributed by atoms with E-state index in [-0.39, 0.29) is 0 Å². The summed E-state index contributed by atoms with van der Waals surface area (Å²) in [5, 5.41) is 0. The molecular weight excluding hydrogens is 110 g/mol. The molecule has 52 valence electrons. The molecule has 0 aromatic carbocycles. The maximum atomic E-state index is 4.42. The molecule has 0 radical (unpaired) electrons. The molecule has 1 aliphatic heterocycles. The van der Waals surface area contributed by atoms with Crippen LogP contribution < -0.4 is 0 Å². The smallest absolute Gasteiger partial charge is 0.0388 e. The van der Waals surface area contributed by atoms with E-state index >= 15 is 0 Å². The average molecular weight is 125 g/mol. The van der Waals surface area contributed by atoms with Crippen LogP contribution in [0.15, 0.2) is 4.99 Å². The molecule has 0 saturated carbocycles. The summed E-state index contributed by atoms with van der Waals surface area (Å²) in [6, 6.07) is 0. The van der Waals surface area contributed by atoms with Gasteiger partial charge in [0, 0.05) is 12.3 Å². The Balaban J connectivity index is 2.51. The number of hydrogen-bond acceptors (Lipinski definition) is 1. The first-order chi connectivity index (χ1) is 4.30. The molecule has 0 aromatic heterocycles. The maximum absolute atomic E-state index is 4.42. The highest BCUT2D eigenvalue weighted by Gasteiger charge is 2.07. The minimum atomic E-state index is 0.743. The Labute approximate surface area is 57.2 Å². The summed E-state index contributed by atoms with van der Waals surface area (Å²) < 4.78 is 0. The van der Waals surface area contributed by atoms with E-state index in [1.54, 1.807) is 0 Å². The molecule has 1 unspecified atom stereocenters. The normalized spacial score (nSPS) is 29.1. The van der Waals surface area contributed by atoms with E-state index in [4.69, 9.17) is 0 Å². The van der Waals surface area contributed by atoms with Gasteiger partial charge in [-0.2, -0.15) is 0 Å². The van der Waals surface area contributed by atoms with Crippen LogP contribution in [0.25, 0.3) is 0 Å². The van der Waals surface area contributed by atoms with Gasteiger partial charge in [0.2, 0.25) is 0 Å². The fourth-order valence-electron chi connectivity index (χ4n) is 1.18. The van der Waals surface area contributed by atoms with E-state index in [1.807, 2.05) is 0 Å². The van der Waals surface area contributed by atoms with Gasteiger partial charge in [0.1, 0.15) is 0 Å². The van der Waals surface area contributed by atoms with Gasteiger partial charge in [0.05, 0.1) is 0 Å². The fraction of sp³-hybridized carbons (Fsp3) is 0.875. The molecule has 0 aliphatic carbocycles. The third-order valence-electron chi connectivity index (χ3n) is 2.12. The lowest BCUT2D eigenvalue weighted by atomic mass is 10.0. The zero-order chi connectivity index (χ0) is 6.69. The van der Waals surface area contributed by atoms with Crippen LogP contribution in [0.4, 0.5) is 0 Å². The van der Waals surface area contributed by atoms with Crippen LogP contribution in [0.3, 0.4) is 0 Å². The van der Waals surface area contributed by atoms with Crippen LogP contribution in [0, 0.1) is 5.92 Å². The molecule has 1 rings (SSSR count). The summed E-state index contributed by atoms with van der Waals surface area (Å²) in [4.78, 5) is 4.42. The Morgan fingerprint density at radius 2 is 2.22 bits per heavy atom. The van der Waals surface area contributed by atoms with Crippen molar-refractivity contribution in [2.45, 2.75) is 33.1 Å². The summed E-state index contributed by atoms with van der Waals surface area (Å²) in [6.45, 7) is 5.48. The molecule has 1 aliphatic rings. The van der Waals surface area contributed by atoms with Crippen molar-refractivity contribution >= 4 is 5.71 Å². The summed E-state index contributed by atoms with van der Waals surface area (Å²) in [5.74, 6) is 0.743. The topological polar surface area (TPSA) is 12.4 Å². The Morgan fingerprint density at radius 1 is 1.44 bits per heavy atom. The second-order valence-electron chi connectivity index (χ2n) is 2.92. The number of nitrogens with zero attached hydrogens (tertiary/aromatic N) is 1. The Kier molecular flexibility index (Phi) is 2.26. The molecule has 0 N–H and O–H groups in total. The molecule has 0 spiro atoms. The van der Waals surface area contributed by atoms with Gasteiger partial charge in [-0.1, -0.05) is 13.3 Å². The van der Waals surface area contributed by atoms with Crippen LogP contribution >= 0.6 is 0 Å². The van der Waals surface area contributed by atoms with Crippen molar-refractivity contribution in [3.8, 4) is 0 Å². The zero-order valence-corrected chi connectivity index (χ0v) is 6.35. The average Bonchev–Trinajstić information content (AvgIpc) is 1.99. The highest BCUT2D eigenvalue weighted by Crippen LogP contribution is 2.13. The van der Waals surface area contributed by atoms with E-state index in [2.05, 4.69) is 18.8 Å². The molecule has 0 bridgehead atoms. The van der Waals surface area contributed by atoms with Crippen molar-refractivity contribution in [3.05, 3.63) is 0 Å². The predicted octanol–water partition coefficient (Wildman–Crippen LogP) is 2.27. The molecular formula is C8H15N. The van der Waals surface area contributed by atoms with Crippen LogP contribution in [0.5, 0.6) is 0 Å². The molecule has 1 atom stereocenters. The van der Waals surface area contributed by atoms with Crippen LogP contribution in [0.2, 0.25) is 0 Å². The van der Waals surface area contributed by atoms with Crippen molar-refractivity contribution < 1.29 is 0 Å². The molecule has 0 amide bonds. The fourth-order valence-corrected chi connectivity index (χ4v) is 1.18. The van der Waals surface area contributed by atoms with Crippen LogP contribution in [-0.2, 0) is 0 Å². The van der Waals surface area contributed by atoms with Gasteiger partial charge in [0.25, 0.3) is 0 Å². The van der Waals surface area contributed by atoms with E-state index in [9.17, 15) is 0 Å². The summed E-state index contributed by atoms with van der Waals surface area (Å²) in [7, 11) is 0. The molecule has 0 aromatic rings. The second-order valence-corrected chi connectivity index (χ2v) is 2.92. The zero-order valence-electron chi connectivity index (χ0n) is 6.35. The van der Waals surface area contributed by atoms with E-state index in [0.717, 1.165) is 12.5 Å². The van der Waals surface area contributed by atoms with Crippen molar-refractivity contribution in [1.29, 1.82) is 0 Å². The number of rotatable bonds is 0. The van der Waals surface area contributed by atoms with Gasteiger partial charge in [-0.25, -0.2) is 0 Å². The minimum absolute atomic E-state index is 0.743. The molecule has 9 heavy (non-hydrogen) atoms. The molecule has 0 fully saturated rings.